The fourth-order valence-corrected chi connectivity index (χ4v) is 2.55. The van der Waals surface area contributed by atoms with Crippen LogP contribution in [0.25, 0.3) is 27.3 Å². The first kappa shape index (κ1) is 12.4. The highest BCUT2D eigenvalue weighted by Crippen LogP contribution is 2.32. The van der Waals surface area contributed by atoms with Crippen molar-refractivity contribution >= 4 is 33.1 Å². The molecule has 0 amide bonds. The summed E-state index contributed by atoms with van der Waals surface area (Å²) < 4.78 is 0. The predicted molar refractivity (Wildman–Crippen MR) is 82.7 cm³/mol. The maximum absolute atomic E-state index is 11.3. The summed E-state index contributed by atoms with van der Waals surface area (Å²) in [6, 6.07) is 17.8. The molecule has 3 aromatic carbocycles. The van der Waals surface area contributed by atoms with Crippen LogP contribution < -0.4 is 0 Å². The molecule has 3 aromatic rings. The third-order valence-electron chi connectivity index (χ3n) is 3.37. The minimum atomic E-state index is -0.167. The zero-order chi connectivity index (χ0) is 14.1. The van der Waals surface area contributed by atoms with Crippen LogP contribution in [-0.2, 0) is 4.79 Å². The Balaban J connectivity index is 2.48. The fourth-order valence-electron chi connectivity index (χ4n) is 2.55. The molecule has 20 heavy (non-hydrogen) atoms. The number of fused-ring (bicyclic) bond motifs is 2. The lowest BCUT2D eigenvalue weighted by molar-refractivity contribution is -0.112. The molecule has 0 radical (unpaired) electrons. The van der Waals surface area contributed by atoms with Gasteiger partial charge in [0, 0.05) is 11.6 Å². The molecule has 0 atom stereocenters. The average molecular weight is 262 g/mol. The molecule has 0 saturated heterocycles. The lowest BCUT2D eigenvalue weighted by atomic mass is 9.95. The minimum absolute atomic E-state index is 0.0190. The summed E-state index contributed by atoms with van der Waals surface area (Å²) in [4.78, 5) is 11.3. The summed E-state index contributed by atoms with van der Waals surface area (Å²) in [6.07, 6.45) is 1.27. The molecule has 98 valence electrons. The van der Waals surface area contributed by atoms with Gasteiger partial charge in [-0.1, -0.05) is 48.5 Å². The highest BCUT2D eigenvalue weighted by atomic mass is 16.3. The molecule has 0 aliphatic rings. The molecule has 0 heterocycles. The first-order valence-electron chi connectivity index (χ1n) is 6.49. The summed E-state index contributed by atoms with van der Waals surface area (Å²) in [7, 11) is 0. The zero-order valence-electron chi connectivity index (χ0n) is 11.1. The molecular formula is C18H14O2. The van der Waals surface area contributed by atoms with E-state index in [2.05, 4.69) is 6.07 Å². The number of carbonyl (C=O) groups excluding carboxylic acids is 1. The van der Waals surface area contributed by atoms with Crippen molar-refractivity contribution in [3.8, 4) is 0 Å². The van der Waals surface area contributed by atoms with Crippen molar-refractivity contribution in [1.29, 1.82) is 0 Å². The molecule has 0 aliphatic carbocycles. The molecule has 2 nitrogen and oxygen atoms in total. The third-order valence-corrected chi connectivity index (χ3v) is 3.37. The number of rotatable bonds is 2. The van der Waals surface area contributed by atoms with Crippen LogP contribution in [0.5, 0.6) is 0 Å². The second-order valence-corrected chi connectivity index (χ2v) is 4.83. The third kappa shape index (κ3) is 2.05. The van der Waals surface area contributed by atoms with Gasteiger partial charge < -0.3 is 5.11 Å². The topological polar surface area (TPSA) is 37.3 Å². The van der Waals surface area contributed by atoms with Gasteiger partial charge in [-0.05, 0) is 34.5 Å². The molecule has 1 N–H and O–H groups in total. The van der Waals surface area contributed by atoms with Gasteiger partial charge in [-0.15, -0.1) is 0 Å². The van der Waals surface area contributed by atoms with E-state index in [0.717, 1.165) is 21.5 Å². The highest BCUT2D eigenvalue weighted by Gasteiger charge is 2.11. The van der Waals surface area contributed by atoms with E-state index in [1.165, 1.54) is 13.0 Å². The lowest BCUT2D eigenvalue weighted by Gasteiger charge is -2.10. The monoisotopic (exact) mass is 262 g/mol. The maximum Gasteiger partial charge on any atom is 0.156 e. The predicted octanol–water partition coefficient (Wildman–Crippen LogP) is 4.48. The van der Waals surface area contributed by atoms with Gasteiger partial charge in [0.1, 0.15) is 5.76 Å². The number of aliphatic hydroxyl groups is 1. The first-order valence-corrected chi connectivity index (χ1v) is 6.49. The van der Waals surface area contributed by atoms with Crippen LogP contribution in [-0.4, -0.2) is 10.9 Å². The van der Waals surface area contributed by atoms with Gasteiger partial charge in [-0.25, -0.2) is 0 Å². The van der Waals surface area contributed by atoms with Crippen LogP contribution in [0.1, 0.15) is 12.5 Å². The Labute approximate surface area is 117 Å². The number of benzene rings is 3. The van der Waals surface area contributed by atoms with Crippen molar-refractivity contribution in [2.75, 3.05) is 0 Å². The second kappa shape index (κ2) is 4.82. The Bertz CT molecular complexity index is 790. The number of aliphatic hydroxyl groups excluding tert-OH is 1. The number of hydrogen-bond acceptors (Lipinski definition) is 2. The van der Waals surface area contributed by atoms with Crippen molar-refractivity contribution < 1.29 is 9.90 Å². The molecular weight excluding hydrogens is 248 g/mol. The van der Waals surface area contributed by atoms with Gasteiger partial charge in [0.15, 0.2) is 5.78 Å². The van der Waals surface area contributed by atoms with Crippen LogP contribution in [0.15, 0.2) is 60.7 Å². The second-order valence-electron chi connectivity index (χ2n) is 4.83. The van der Waals surface area contributed by atoms with Crippen molar-refractivity contribution in [2.24, 2.45) is 0 Å². The first-order chi connectivity index (χ1) is 9.66. The van der Waals surface area contributed by atoms with E-state index >= 15 is 0 Å². The van der Waals surface area contributed by atoms with Crippen LogP contribution in [0, 0.1) is 0 Å². The molecule has 0 spiro atoms. The summed E-state index contributed by atoms with van der Waals surface area (Å²) in [5.74, 6) is -0.148. The summed E-state index contributed by atoms with van der Waals surface area (Å²) in [5, 5.41) is 14.3. The number of allylic oxidation sites excluding steroid dienone is 1. The van der Waals surface area contributed by atoms with Crippen molar-refractivity contribution in [3.63, 3.8) is 0 Å². The van der Waals surface area contributed by atoms with Gasteiger partial charge in [-0.2, -0.15) is 0 Å². The quantitative estimate of drug-likeness (QED) is 0.420. The largest absolute Gasteiger partial charge is 0.507 e. The van der Waals surface area contributed by atoms with E-state index in [4.69, 9.17) is 0 Å². The maximum atomic E-state index is 11.3. The lowest BCUT2D eigenvalue weighted by Crippen LogP contribution is -1.92. The Morgan fingerprint density at radius 2 is 1.45 bits per heavy atom. The highest BCUT2D eigenvalue weighted by molar-refractivity contribution is 6.10. The molecule has 2 heteroatoms. The van der Waals surface area contributed by atoms with E-state index in [1.54, 1.807) is 0 Å². The SMILES string of the molecule is CC(=O)/C=C(\O)c1c2ccccc2cc2ccccc12. The van der Waals surface area contributed by atoms with E-state index in [9.17, 15) is 9.90 Å². The van der Waals surface area contributed by atoms with E-state index in [0.29, 0.717) is 5.56 Å². The van der Waals surface area contributed by atoms with Gasteiger partial charge in [-0.3, -0.25) is 4.79 Å². The average Bonchev–Trinajstić information content (AvgIpc) is 2.43. The van der Waals surface area contributed by atoms with Gasteiger partial charge in [0.2, 0.25) is 0 Å². The molecule has 0 aromatic heterocycles. The van der Waals surface area contributed by atoms with Crippen molar-refractivity contribution in [3.05, 3.63) is 66.2 Å². The normalized spacial score (nSPS) is 11.9. The number of carbonyl (C=O) groups is 1. The Morgan fingerprint density at radius 3 is 1.95 bits per heavy atom. The van der Waals surface area contributed by atoms with Gasteiger partial charge in [0.05, 0.1) is 0 Å². The zero-order valence-corrected chi connectivity index (χ0v) is 11.1. The van der Waals surface area contributed by atoms with Crippen LogP contribution >= 0.6 is 0 Å². The van der Waals surface area contributed by atoms with Crippen LogP contribution in [0.3, 0.4) is 0 Å². The number of ketones is 1. The summed E-state index contributed by atoms with van der Waals surface area (Å²) >= 11 is 0. The molecule has 0 unspecified atom stereocenters. The van der Waals surface area contributed by atoms with Crippen LogP contribution in [0.4, 0.5) is 0 Å². The molecule has 0 bridgehead atoms. The number of hydrogen-bond donors (Lipinski definition) is 1. The van der Waals surface area contributed by atoms with E-state index < -0.39 is 0 Å². The Kier molecular flexibility index (Phi) is 2.99. The standard InChI is InChI=1S/C18H14O2/c1-12(19)10-17(20)18-15-8-4-2-6-13(15)11-14-7-3-5-9-16(14)18/h2-11,20H,1H3/b17-10-. The Hall–Kier alpha value is -2.61. The van der Waals surface area contributed by atoms with Crippen molar-refractivity contribution in [2.45, 2.75) is 6.92 Å². The molecule has 0 fully saturated rings. The fraction of sp³-hybridized carbons (Fsp3) is 0.0556. The molecule has 0 saturated carbocycles. The van der Waals surface area contributed by atoms with Crippen LogP contribution in [0.2, 0.25) is 0 Å². The van der Waals surface area contributed by atoms with Gasteiger partial charge >= 0.3 is 0 Å². The van der Waals surface area contributed by atoms with Gasteiger partial charge in [0.25, 0.3) is 0 Å². The summed E-state index contributed by atoms with van der Waals surface area (Å²) in [5.41, 5.74) is 0.717. The molecule has 3 rings (SSSR count). The van der Waals surface area contributed by atoms with E-state index in [1.807, 2.05) is 48.5 Å². The molecule has 0 aliphatic heterocycles. The minimum Gasteiger partial charge on any atom is -0.507 e. The van der Waals surface area contributed by atoms with Crippen molar-refractivity contribution in [1.82, 2.24) is 0 Å². The summed E-state index contributed by atoms with van der Waals surface area (Å²) in [6.45, 7) is 1.43. The smallest absolute Gasteiger partial charge is 0.156 e. The van der Waals surface area contributed by atoms with E-state index in [-0.39, 0.29) is 11.5 Å². The Morgan fingerprint density at radius 1 is 0.950 bits per heavy atom.